The summed E-state index contributed by atoms with van der Waals surface area (Å²) in [6.45, 7) is -4.56. The minimum Gasteiger partial charge on any atom is -0.829 e. The monoisotopic (exact) mass is 232 g/mol. The van der Waals surface area contributed by atoms with Crippen molar-refractivity contribution in [1.29, 1.82) is 0 Å². The molecule has 0 amide bonds. The number of hydrogen-bond donors (Lipinski definition) is 0. The van der Waals surface area contributed by atoms with E-state index in [1.807, 2.05) is 0 Å². The minimum atomic E-state index is -4.56. The fraction of sp³-hybridized carbons (Fsp3) is 0. The van der Waals surface area contributed by atoms with Gasteiger partial charge in [0.2, 0.25) is 0 Å². The Bertz CT molecular complexity index is 56.9. The molecule has 2 radical (unpaired) electrons. The molecule has 0 saturated carbocycles. The molecule has 0 fully saturated rings. The molecule has 0 saturated heterocycles. The third-order valence-electron chi connectivity index (χ3n) is 0. The van der Waals surface area contributed by atoms with Crippen LogP contribution in [0.2, 0.25) is 0 Å². The van der Waals surface area contributed by atoms with E-state index in [0.717, 1.165) is 0 Å². The molecule has 0 aromatic heterocycles. The fourth-order valence-electron chi connectivity index (χ4n) is 0. The fourth-order valence-corrected chi connectivity index (χ4v) is 0. The average Bonchev–Trinajstić information content (AvgIpc) is 0.722. The molecule has 34 valence electrons. The van der Waals surface area contributed by atoms with E-state index in [9.17, 15) is 0 Å². The molecule has 0 unspecified atom stereocenters. The zero-order valence-electron chi connectivity index (χ0n) is 2.53. The van der Waals surface area contributed by atoms with Gasteiger partial charge in [-0.2, -0.15) is 0 Å². The Morgan fingerprint density at radius 3 is 1.50 bits per heavy atom. The van der Waals surface area contributed by atoms with Crippen LogP contribution in [-0.2, 0) is 16.8 Å². The summed E-state index contributed by atoms with van der Waals surface area (Å²) in [4.78, 5) is 17.8. The van der Waals surface area contributed by atoms with Crippen LogP contribution >= 0.6 is 6.80 Å². The topological polar surface area (TPSA) is 63.2 Å². The molecule has 0 rings (SSSR count). The average molecular weight is 233 g/mol. The SMILES string of the molecule is O=P([O-])([O-])[S-].[Sb+3]. The van der Waals surface area contributed by atoms with E-state index in [1.54, 1.807) is 0 Å². The Kier molecular flexibility index (Phi) is 5.74. The van der Waals surface area contributed by atoms with Gasteiger partial charge in [0.15, 0.2) is 0 Å². The zero-order chi connectivity index (χ0) is 4.50. The molecular formula is O3PSSb. The van der Waals surface area contributed by atoms with Crippen molar-refractivity contribution < 1.29 is 14.4 Å². The first-order chi connectivity index (χ1) is 2.00. The maximum Gasteiger partial charge on any atom is 3.00 e. The summed E-state index contributed by atoms with van der Waals surface area (Å²) in [5, 5.41) is 0. The van der Waals surface area contributed by atoms with Gasteiger partial charge >= 0.3 is 24.4 Å². The van der Waals surface area contributed by atoms with Crippen LogP contribution in [0.5, 0.6) is 0 Å². The molecule has 0 spiro atoms. The van der Waals surface area contributed by atoms with Gasteiger partial charge < -0.3 is 26.6 Å². The number of rotatable bonds is 0. The molecule has 0 bridgehead atoms. The predicted octanol–water partition coefficient (Wildman–Crippen LogP) is -2.02. The van der Waals surface area contributed by atoms with Gasteiger partial charge in [-0.25, -0.2) is 6.80 Å². The Morgan fingerprint density at radius 1 is 1.50 bits per heavy atom. The van der Waals surface area contributed by atoms with E-state index in [-0.39, 0.29) is 24.4 Å². The largest absolute Gasteiger partial charge is 3.00 e. The van der Waals surface area contributed by atoms with Gasteiger partial charge in [0.1, 0.15) is 0 Å². The molecule has 0 N–H and O–H groups in total. The summed E-state index contributed by atoms with van der Waals surface area (Å²) < 4.78 is 8.92. The van der Waals surface area contributed by atoms with E-state index in [0.29, 0.717) is 0 Å². The molecule has 0 aromatic carbocycles. The maximum atomic E-state index is 8.92. The summed E-state index contributed by atoms with van der Waals surface area (Å²) in [7, 11) is 0. The second-order valence-electron chi connectivity index (χ2n) is 0.447. The van der Waals surface area contributed by atoms with Crippen LogP contribution in [0.3, 0.4) is 0 Å². The molecule has 0 atom stereocenters. The van der Waals surface area contributed by atoms with Crippen LogP contribution in [-0.4, -0.2) is 24.4 Å². The Morgan fingerprint density at radius 2 is 1.50 bits per heavy atom. The van der Waals surface area contributed by atoms with Crippen LogP contribution in [0.25, 0.3) is 0 Å². The number of hydrogen-bond acceptors (Lipinski definition) is 4. The van der Waals surface area contributed by atoms with Crippen molar-refractivity contribution in [1.82, 2.24) is 0 Å². The first-order valence-corrected chi connectivity index (χ1v) is 3.29. The quantitative estimate of drug-likeness (QED) is 0.275. The van der Waals surface area contributed by atoms with Crippen molar-refractivity contribution >= 4 is 43.5 Å². The molecule has 0 aliphatic rings. The Balaban J connectivity index is 0. The van der Waals surface area contributed by atoms with Crippen LogP contribution in [0.4, 0.5) is 0 Å². The molecule has 3 nitrogen and oxygen atoms in total. The van der Waals surface area contributed by atoms with Gasteiger partial charge in [-0.1, -0.05) is 0 Å². The van der Waals surface area contributed by atoms with Crippen LogP contribution in [0.15, 0.2) is 0 Å². The van der Waals surface area contributed by atoms with Gasteiger partial charge in [-0.15, -0.1) is 0 Å². The minimum absolute atomic E-state index is 0. The molecule has 0 aromatic rings. The van der Waals surface area contributed by atoms with Gasteiger partial charge in [-0.3, -0.25) is 0 Å². The second-order valence-corrected chi connectivity index (χ2v) is 2.68. The zero-order valence-corrected chi connectivity index (χ0v) is 6.79. The van der Waals surface area contributed by atoms with Crippen LogP contribution < -0.4 is 9.79 Å². The first-order valence-electron chi connectivity index (χ1n) is 0.730. The first kappa shape index (κ1) is 10.3. The van der Waals surface area contributed by atoms with Crippen molar-refractivity contribution in [3.8, 4) is 0 Å². The van der Waals surface area contributed by atoms with E-state index >= 15 is 0 Å². The Hall–Kier alpha value is 1.32. The van der Waals surface area contributed by atoms with Crippen molar-refractivity contribution in [3.63, 3.8) is 0 Å². The normalized spacial score (nSPS) is 9.83. The third-order valence-corrected chi connectivity index (χ3v) is 0. The summed E-state index contributed by atoms with van der Waals surface area (Å²) in [6, 6.07) is 0. The molecular weight excluding hydrogens is 233 g/mol. The van der Waals surface area contributed by atoms with Crippen molar-refractivity contribution in [3.05, 3.63) is 0 Å². The van der Waals surface area contributed by atoms with Gasteiger partial charge in [0.25, 0.3) is 0 Å². The summed E-state index contributed by atoms with van der Waals surface area (Å²) in [6.07, 6.45) is 0. The van der Waals surface area contributed by atoms with Gasteiger partial charge in [0.05, 0.1) is 0 Å². The van der Waals surface area contributed by atoms with Crippen molar-refractivity contribution in [2.75, 3.05) is 0 Å². The smallest absolute Gasteiger partial charge is 0.829 e. The van der Waals surface area contributed by atoms with Gasteiger partial charge in [0, 0.05) is 0 Å². The summed E-state index contributed by atoms with van der Waals surface area (Å²) in [5.74, 6) is 0. The Labute approximate surface area is 57.9 Å². The molecule has 0 aliphatic heterocycles. The van der Waals surface area contributed by atoms with Crippen molar-refractivity contribution in [2.24, 2.45) is 0 Å². The van der Waals surface area contributed by atoms with Gasteiger partial charge in [-0.05, 0) is 0 Å². The predicted molar refractivity (Wildman–Crippen MR) is 20.7 cm³/mol. The van der Waals surface area contributed by atoms with Crippen LogP contribution in [0.1, 0.15) is 0 Å². The summed E-state index contributed by atoms with van der Waals surface area (Å²) in [5.41, 5.74) is 0. The second kappa shape index (κ2) is 3.34. The van der Waals surface area contributed by atoms with E-state index < -0.39 is 6.80 Å². The van der Waals surface area contributed by atoms with E-state index in [1.165, 1.54) is 0 Å². The molecule has 0 aliphatic carbocycles. The van der Waals surface area contributed by atoms with E-state index in [4.69, 9.17) is 14.4 Å². The maximum absolute atomic E-state index is 8.92. The van der Waals surface area contributed by atoms with E-state index in [2.05, 4.69) is 12.2 Å². The summed E-state index contributed by atoms with van der Waals surface area (Å²) >= 11 is 3.27. The molecule has 6 heteroatoms. The van der Waals surface area contributed by atoms with Crippen LogP contribution in [0, 0.1) is 0 Å². The van der Waals surface area contributed by atoms with Crippen molar-refractivity contribution in [2.45, 2.75) is 0 Å². The third kappa shape index (κ3) is 57.1. The molecule has 6 heavy (non-hydrogen) atoms. The standard InChI is InChI=1S/H3O3PS.Sb/c1-4(2,3)5;/h(H3,1,2,3,5);/q;+3/p-3. The molecule has 0 heterocycles.